The first-order valence-corrected chi connectivity index (χ1v) is 9.30. The van der Waals surface area contributed by atoms with Crippen LogP contribution >= 0.6 is 0 Å². The van der Waals surface area contributed by atoms with Crippen LogP contribution in [0.5, 0.6) is 0 Å². The Morgan fingerprint density at radius 3 is 1.76 bits per heavy atom. The van der Waals surface area contributed by atoms with Crippen LogP contribution in [0.4, 0.5) is 0 Å². The highest BCUT2D eigenvalue weighted by molar-refractivity contribution is 5.79. The van der Waals surface area contributed by atoms with E-state index in [1.165, 1.54) is 64.2 Å². The van der Waals surface area contributed by atoms with Crippen LogP contribution in [0.3, 0.4) is 0 Å². The molecule has 3 rings (SSSR count). The first kappa shape index (κ1) is 15.3. The molecule has 120 valence electrons. The summed E-state index contributed by atoms with van der Waals surface area (Å²) in [5, 5.41) is 3.32. The minimum atomic E-state index is 0.218. The van der Waals surface area contributed by atoms with Crippen LogP contribution in [0, 0.1) is 11.8 Å². The molecule has 1 unspecified atom stereocenters. The third-order valence-corrected chi connectivity index (χ3v) is 6.10. The first-order chi connectivity index (χ1) is 10.3. The normalized spacial score (nSPS) is 27.1. The maximum atomic E-state index is 13.2. The van der Waals surface area contributed by atoms with E-state index in [-0.39, 0.29) is 5.92 Å². The van der Waals surface area contributed by atoms with Crippen molar-refractivity contribution in [1.29, 1.82) is 0 Å². The lowest BCUT2D eigenvalue weighted by Crippen LogP contribution is -2.55. The van der Waals surface area contributed by atoms with Crippen LogP contribution in [0.2, 0.25) is 0 Å². The Morgan fingerprint density at radius 2 is 1.38 bits per heavy atom. The van der Waals surface area contributed by atoms with E-state index >= 15 is 0 Å². The molecule has 3 aliphatic rings. The number of rotatable bonds is 4. The Kier molecular flexibility index (Phi) is 5.20. The van der Waals surface area contributed by atoms with Crippen molar-refractivity contribution < 1.29 is 4.79 Å². The smallest absolute Gasteiger partial charge is 0.226 e. The summed E-state index contributed by atoms with van der Waals surface area (Å²) in [5.74, 6) is 1.27. The molecule has 1 amide bonds. The summed E-state index contributed by atoms with van der Waals surface area (Å²) >= 11 is 0. The Hall–Kier alpha value is -0.570. The van der Waals surface area contributed by atoms with Gasteiger partial charge in [0.2, 0.25) is 5.91 Å². The number of carbonyl (C=O) groups is 1. The lowest BCUT2D eigenvalue weighted by atomic mass is 9.84. The fourth-order valence-corrected chi connectivity index (χ4v) is 4.48. The highest BCUT2D eigenvalue weighted by Crippen LogP contribution is 2.32. The van der Waals surface area contributed by atoms with E-state index in [2.05, 4.69) is 17.1 Å². The number of hydrogen-bond donors (Lipinski definition) is 1. The van der Waals surface area contributed by atoms with E-state index in [1.54, 1.807) is 0 Å². The molecule has 1 saturated heterocycles. The molecule has 21 heavy (non-hydrogen) atoms. The Balaban J connectivity index is 1.71. The third kappa shape index (κ3) is 3.44. The number of nitrogens with one attached hydrogen (secondary N) is 1. The number of hydrogen-bond acceptors (Lipinski definition) is 2. The fraction of sp³-hybridized carbons (Fsp3) is 0.944. The van der Waals surface area contributed by atoms with Crippen molar-refractivity contribution in [2.45, 2.75) is 83.2 Å². The van der Waals surface area contributed by atoms with Crippen LogP contribution in [-0.4, -0.2) is 36.0 Å². The molecule has 0 aromatic rings. The van der Waals surface area contributed by atoms with E-state index in [1.807, 2.05) is 0 Å². The van der Waals surface area contributed by atoms with Crippen LogP contribution < -0.4 is 5.32 Å². The van der Waals surface area contributed by atoms with Gasteiger partial charge in [-0.2, -0.15) is 0 Å². The molecule has 0 radical (unpaired) electrons. The minimum absolute atomic E-state index is 0.218. The van der Waals surface area contributed by atoms with Gasteiger partial charge >= 0.3 is 0 Å². The van der Waals surface area contributed by atoms with Crippen LogP contribution in [0.25, 0.3) is 0 Å². The summed E-state index contributed by atoms with van der Waals surface area (Å²) in [4.78, 5) is 15.6. The molecular formula is C18H32N2O. The van der Waals surface area contributed by atoms with Gasteiger partial charge in [0, 0.05) is 18.0 Å². The van der Waals surface area contributed by atoms with Crippen molar-refractivity contribution in [2.24, 2.45) is 11.8 Å². The molecule has 2 aliphatic carbocycles. The number of amides is 1. The van der Waals surface area contributed by atoms with Crippen molar-refractivity contribution in [3.63, 3.8) is 0 Å². The summed E-state index contributed by atoms with van der Waals surface area (Å²) in [5.41, 5.74) is 0. The quantitative estimate of drug-likeness (QED) is 0.862. The number of carbonyl (C=O) groups excluding carboxylic acids is 1. The van der Waals surface area contributed by atoms with Gasteiger partial charge in [-0.25, -0.2) is 0 Å². The zero-order valence-corrected chi connectivity index (χ0v) is 13.7. The van der Waals surface area contributed by atoms with Crippen molar-refractivity contribution >= 4 is 5.91 Å². The SMILES string of the molecule is CC(C(=O)N(C1CCCCC1)C1CCCCC1)C1CNC1. The van der Waals surface area contributed by atoms with Crippen LogP contribution in [0.15, 0.2) is 0 Å². The Labute approximate surface area is 129 Å². The van der Waals surface area contributed by atoms with Gasteiger partial charge in [0.05, 0.1) is 0 Å². The van der Waals surface area contributed by atoms with Gasteiger partial charge in [0.1, 0.15) is 0 Å². The van der Waals surface area contributed by atoms with Crippen molar-refractivity contribution in [3.05, 3.63) is 0 Å². The van der Waals surface area contributed by atoms with Gasteiger partial charge in [-0.1, -0.05) is 45.4 Å². The summed E-state index contributed by atoms with van der Waals surface area (Å²) in [7, 11) is 0. The first-order valence-electron chi connectivity index (χ1n) is 9.30. The molecule has 3 fully saturated rings. The molecule has 1 atom stereocenters. The molecule has 3 heteroatoms. The summed E-state index contributed by atoms with van der Waals surface area (Å²) in [6.07, 6.45) is 13.0. The van der Waals surface area contributed by atoms with E-state index in [0.29, 0.717) is 23.9 Å². The molecule has 2 saturated carbocycles. The summed E-state index contributed by atoms with van der Waals surface area (Å²) in [6.45, 7) is 4.25. The molecule has 1 aliphatic heterocycles. The minimum Gasteiger partial charge on any atom is -0.336 e. The van der Waals surface area contributed by atoms with E-state index in [4.69, 9.17) is 0 Å². The predicted molar refractivity (Wildman–Crippen MR) is 86.1 cm³/mol. The van der Waals surface area contributed by atoms with Crippen molar-refractivity contribution in [3.8, 4) is 0 Å². The second-order valence-corrected chi connectivity index (χ2v) is 7.54. The van der Waals surface area contributed by atoms with Gasteiger partial charge in [-0.3, -0.25) is 4.79 Å². The van der Waals surface area contributed by atoms with Crippen LogP contribution in [0.1, 0.15) is 71.1 Å². The average Bonchev–Trinajstić information content (AvgIpc) is 2.48. The Bertz CT molecular complexity index is 323. The molecule has 0 spiro atoms. The lowest BCUT2D eigenvalue weighted by molar-refractivity contribution is -0.144. The van der Waals surface area contributed by atoms with Crippen molar-refractivity contribution in [1.82, 2.24) is 10.2 Å². The van der Waals surface area contributed by atoms with E-state index in [0.717, 1.165) is 13.1 Å². The maximum absolute atomic E-state index is 13.2. The zero-order chi connectivity index (χ0) is 14.7. The second kappa shape index (κ2) is 7.13. The number of nitrogens with zero attached hydrogens (tertiary/aromatic N) is 1. The van der Waals surface area contributed by atoms with E-state index in [9.17, 15) is 4.79 Å². The molecule has 0 bridgehead atoms. The van der Waals surface area contributed by atoms with Crippen molar-refractivity contribution in [2.75, 3.05) is 13.1 Å². The summed E-state index contributed by atoms with van der Waals surface area (Å²) in [6, 6.07) is 1.09. The monoisotopic (exact) mass is 292 g/mol. The molecule has 1 heterocycles. The van der Waals surface area contributed by atoms with Gasteiger partial charge in [0.15, 0.2) is 0 Å². The molecule has 0 aromatic heterocycles. The predicted octanol–water partition coefficient (Wildman–Crippen LogP) is 3.34. The highest BCUT2D eigenvalue weighted by Gasteiger charge is 2.38. The van der Waals surface area contributed by atoms with Gasteiger partial charge in [-0.15, -0.1) is 0 Å². The average molecular weight is 292 g/mol. The zero-order valence-electron chi connectivity index (χ0n) is 13.7. The van der Waals surface area contributed by atoms with Gasteiger partial charge < -0.3 is 10.2 Å². The van der Waals surface area contributed by atoms with Gasteiger partial charge in [-0.05, 0) is 44.7 Å². The Morgan fingerprint density at radius 1 is 0.905 bits per heavy atom. The summed E-state index contributed by atoms with van der Waals surface area (Å²) < 4.78 is 0. The molecular weight excluding hydrogens is 260 g/mol. The lowest BCUT2D eigenvalue weighted by Gasteiger charge is -2.45. The largest absolute Gasteiger partial charge is 0.336 e. The molecule has 1 N–H and O–H groups in total. The maximum Gasteiger partial charge on any atom is 0.226 e. The standard InChI is InChI=1S/C18H32N2O/c1-14(15-12-19-13-15)18(21)20(16-8-4-2-5-9-16)17-10-6-3-7-11-17/h14-17,19H,2-13H2,1H3. The molecule has 3 nitrogen and oxygen atoms in total. The van der Waals surface area contributed by atoms with Crippen LogP contribution in [-0.2, 0) is 4.79 Å². The van der Waals surface area contributed by atoms with Gasteiger partial charge in [0.25, 0.3) is 0 Å². The third-order valence-electron chi connectivity index (χ3n) is 6.10. The fourth-order valence-electron chi connectivity index (χ4n) is 4.48. The second-order valence-electron chi connectivity index (χ2n) is 7.54. The highest BCUT2D eigenvalue weighted by atomic mass is 16.2. The topological polar surface area (TPSA) is 32.3 Å². The molecule has 0 aromatic carbocycles. The van der Waals surface area contributed by atoms with E-state index < -0.39 is 0 Å².